The van der Waals surface area contributed by atoms with Crippen LogP contribution < -0.4 is 29.6 Å². The van der Waals surface area contributed by atoms with Crippen molar-refractivity contribution in [1.29, 1.82) is 0 Å². The Hall–Kier alpha value is 0.870. The molecule has 4 nitrogen and oxygen atoms in total. The van der Waals surface area contributed by atoms with E-state index in [4.69, 9.17) is 0 Å². The third kappa shape index (κ3) is 14.2. The van der Waals surface area contributed by atoms with Crippen molar-refractivity contribution in [3.63, 3.8) is 0 Å². The third-order valence-corrected chi connectivity index (χ3v) is 5.20. The normalized spacial score (nSPS) is 14.5. The molecule has 0 heterocycles. The van der Waals surface area contributed by atoms with Gasteiger partial charge in [-0.15, -0.1) is 0 Å². The van der Waals surface area contributed by atoms with Crippen LogP contribution >= 0.6 is 0 Å². The van der Waals surface area contributed by atoms with Gasteiger partial charge in [0.25, 0.3) is 0 Å². The van der Waals surface area contributed by atoms with Gasteiger partial charge in [0.15, 0.2) is 0 Å². The van der Waals surface area contributed by atoms with Gasteiger partial charge < -0.3 is 9.66 Å². The smallest absolute Gasteiger partial charge is 0.748 e. The van der Waals surface area contributed by atoms with Crippen LogP contribution in [0.15, 0.2) is 0 Å². The van der Waals surface area contributed by atoms with Gasteiger partial charge in [-0.2, -0.15) is 0 Å². The maximum Gasteiger partial charge on any atom is 1.00 e. The van der Waals surface area contributed by atoms with E-state index in [1.54, 1.807) is 6.92 Å². The molecule has 0 aromatic rings. The first kappa shape index (κ1) is 24.1. The molecule has 0 radical (unpaired) electrons. The molecule has 0 fully saturated rings. The molecule has 0 bridgehead atoms. The average Bonchev–Trinajstić information content (AvgIpc) is 2.37. The second kappa shape index (κ2) is 14.5. The number of aliphatic hydroxyl groups is 1. The largest absolute Gasteiger partial charge is 1.00 e. The van der Waals surface area contributed by atoms with Crippen molar-refractivity contribution in [2.24, 2.45) is 0 Å². The van der Waals surface area contributed by atoms with Gasteiger partial charge in [-0.1, -0.05) is 58.8 Å². The molecule has 0 aromatic heterocycles. The Labute approximate surface area is 153 Å². The fourth-order valence-electron chi connectivity index (χ4n) is 2.43. The number of hydrogen-bond donors (Lipinski definition) is 1. The Morgan fingerprint density at radius 1 is 0.905 bits per heavy atom. The van der Waals surface area contributed by atoms with Gasteiger partial charge in [0.1, 0.15) is 0 Å². The van der Waals surface area contributed by atoms with Crippen LogP contribution in [-0.2, 0) is 10.1 Å². The number of hydrogen-bond acceptors (Lipinski definition) is 4. The van der Waals surface area contributed by atoms with Gasteiger partial charge >= 0.3 is 29.6 Å². The second-order valence-electron chi connectivity index (χ2n) is 5.66. The van der Waals surface area contributed by atoms with Gasteiger partial charge in [0.2, 0.25) is 0 Å². The number of rotatable bonds is 13. The molecule has 0 aliphatic carbocycles. The van der Waals surface area contributed by atoms with E-state index in [1.165, 1.54) is 25.7 Å². The minimum Gasteiger partial charge on any atom is -0.748 e. The Bertz CT molecular complexity index is 320. The van der Waals surface area contributed by atoms with E-state index in [1.807, 2.05) is 0 Å². The molecule has 21 heavy (non-hydrogen) atoms. The van der Waals surface area contributed by atoms with Crippen molar-refractivity contribution in [1.82, 2.24) is 0 Å². The molecule has 0 rings (SSSR count). The van der Waals surface area contributed by atoms with Crippen LogP contribution in [-0.4, -0.2) is 29.4 Å². The summed E-state index contributed by atoms with van der Waals surface area (Å²) in [6.45, 7) is 3.91. The van der Waals surface area contributed by atoms with Crippen molar-refractivity contribution < 1.29 is 47.6 Å². The molecule has 0 aliphatic heterocycles. The standard InChI is InChI=1S/C15H32O4S.Na/c1-3-5-6-7-8-11-14(16)12-9-10-13-15(4-2)20(17,18)19;/h14-16H,3-13H2,1-2H3,(H,17,18,19);/q;+1/p-1. The molecular weight excluding hydrogens is 299 g/mol. The topological polar surface area (TPSA) is 77.4 Å². The van der Waals surface area contributed by atoms with E-state index in [9.17, 15) is 18.1 Å². The first-order valence-corrected chi connectivity index (χ1v) is 9.51. The monoisotopic (exact) mass is 330 g/mol. The van der Waals surface area contributed by atoms with Crippen LogP contribution in [0.5, 0.6) is 0 Å². The van der Waals surface area contributed by atoms with Crippen LogP contribution in [0.25, 0.3) is 0 Å². The van der Waals surface area contributed by atoms with Crippen LogP contribution in [0.3, 0.4) is 0 Å². The maximum absolute atomic E-state index is 10.9. The summed E-state index contributed by atoms with van der Waals surface area (Å²) >= 11 is 0. The summed E-state index contributed by atoms with van der Waals surface area (Å²) in [7, 11) is -4.15. The van der Waals surface area contributed by atoms with Crippen molar-refractivity contribution in [2.75, 3.05) is 0 Å². The molecule has 0 amide bonds. The Balaban J connectivity index is 0. The predicted molar refractivity (Wildman–Crippen MR) is 81.6 cm³/mol. The summed E-state index contributed by atoms with van der Waals surface area (Å²) in [6.07, 6.45) is 9.53. The Morgan fingerprint density at radius 3 is 1.86 bits per heavy atom. The molecule has 1 N–H and O–H groups in total. The van der Waals surface area contributed by atoms with Crippen LogP contribution in [0.4, 0.5) is 0 Å². The van der Waals surface area contributed by atoms with Gasteiger partial charge in [-0.25, -0.2) is 8.42 Å². The van der Waals surface area contributed by atoms with E-state index in [0.29, 0.717) is 25.7 Å². The molecule has 2 atom stereocenters. The fraction of sp³-hybridized carbons (Fsp3) is 1.00. The van der Waals surface area contributed by atoms with E-state index in [0.717, 1.165) is 19.3 Å². The molecule has 0 saturated carbocycles. The van der Waals surface area contributed by atoms with Gasteiger partial charge in [-0.3, -0.25) is 0 Å². The molecule has 122 valence electrons. The molecule has 0 aromatic carbocycles. The fourth-order valence-corrected chi connectivity index (χ4v) is 3.30. The number of unbranched alkanes of at least 4 members (excludes halogenated alkanes) is 5. The summed E-state index contributed by atoms with van der Waals surface area (Å²) in [6, 6.07) is 0. The zero-order valence-electron chi connectivity index (χ0n) is 14.0. The first-order valence-electron chi connectivity index (χ1n) is 8.04. The molecule has 0 spiro atoms. The van der Waals surface area contributed by atoms with Gasteiger partial charge in [0, 0.05) is 5.25 Å². The van der Waals surface area contributed by atoms with E-state index in [2.05, 4.69) is 6.92 Å². The zero-order valence-corrected chi connectivity index (χ0v) is 16.8. The first-order chi connectivity index (χ1) is 9.41. The third-order valence-electron chi connectivity index (χ3n) is 3.82. The minimum atomic E-state index is -4.15. The van der Waals surface area contributed by atoms with Gasteiger partial charge in [0.05, 0.1) is 16.2 Å². The average molecular weight is 330 g/mol. The number of aliphatic hydroxyl groups excluding tert-OH is 1. The quantitative estimate of drug-likeness (QED) is 0.305. The molecule has 0 saturated heterocycles. The summed E-state index contributed by atoms with van der Waals surface area (Å²) in [5.41, 5.74) is 0. The van der Waals surface area contributed by atoms with Gasteiger partial charge in [-0.05, 0) is 25.7 Å². The van der Waals surface area contributed by atoms with Crippen molar-refractivity contribution >= 4 is 10.1 Å². The summed E-state index contributed by atoms with van der Waals surface area (Å²) in [4.78, 5) is 0. The van der Waals surface area contributed by atoms with E-state index < -0.39 is 15.4 Å². The van der Waals surface area contributed by atoms with Crippen LogP contribution in [0.2, 0.25) is 0 Å². The summed E-state index contributed by atoms with van der Waals surface area (Å²) in [5.74, 6) is 0. The Kier molecular flexibility index (Phi) is 16.6. The van der Waals surface area contributed by atoms with Crippen molar-refractivity contribution in [3.8, 4) is 0 Å². The van der Waals surface area contributed by atoms with Crippen LogP contribution in [0.1, 0.15) is 84.5 Å². The molecule has 2 unspecified atom stereocenters. The second-order valence-corrected chi connectivity index (χ2v) is 7.32. The Morgan fingerprint density at radius 2 is 1.38 bits per heavy atom. The SMILES string of the molecule is CCCCCCCC(O)CCCCC(CC)S(=O)(=O)[O-].[Na+]. The summed E-state index contributed by atoms with van der Waals surface area (Å²) in [5, 5.41) is 9.05. The van der Waals surface area contributed by atoms with E-state index >= 15 is 0 Å². The predicted octanol–water partition coefficient (Wildman–Crippen LogP) is 0.596. The van der Waals surface area contributed by atoms with E-state index in [-0.39, 0.29) is 35.7 Å². The minimum absolute atomic E-state index is 0. The van der Waals surface area contributed by atoms with Crippen molar-refractivity contribution in [3.05, 3.63) is 0 Å². The van der Waals surface area contributed by atoms with Crippen molar-refractivity contribution in [2.45, 2.75) is 95.8 Å². The zero-order chi connectivity index (χ0) is 15.4. The molecular formula is C15H31NaO4S. The summed E-state index contributed by atoms with van der Waals surface area (Å²) < 4.78 is 32.7. The maximum atomic E-state index is 10.9. The molecule has 0 aliphatic rings. The van der Waals surface area contributed by atoms with Crippen LogP contribution in [0, 0.1) is 0 Å². The molecule has 6 heteroatoms.